The Balaban J connectivity index is 1.42. The quantitative estimate of drug-likeness (QED) is 0.799. The van der Waals surface area contributed by atoms with Crippen LogP contribution in [0.3, 0.4) is 0 Å². The number of fused-ring (bicyclic) bond motifs is 1. The van der Waals surface area contributed by atoms with E-state index in [1.54, 1.807) is 11.1 Å². The van der Waals surface area contributed by atoms with Gasteiger partial charge in [0, 0.05) is 24.7 Å². The summed E-state index contributed by atoms with van der Waals surface area (Å²) in [5.74, 6) is -0.239. The van der Waals surface area contributed by atoms with E-state index in [9.17, 15) is 9.59 Å². The van der Waals surface area contributed by atoms with Crippen molar-refractivity contribution in [3.8, 4) is 0 Å². The van der Waals surface area contributed by atoms with Gasteiger partial charge in [-0.25, -0.2) is 0 Å². The van der Waals surface area contributed by atoms with Crippen LogP contribution in [0.1, 0.15) is 9.67 Å². The Kier molecular flexibility index (Phi) is 3.74. The number of anilines is 1. The summed E-state index contributed by atoms with van der Waals surface area (Å²) in [6.07, 6.45) is 1.71. The minimum Gasteiger partial charge on any atom is -0.336 e. The van der Waals surface area contributed by atoms with Gasteiger partial charge >= 0.3 is 0 Å². The normalized spacial score (nSPS) is 14.4. The molecule has 120 valence electrons. The van der Waals surface area contributed by atoms with Crippen molar-refractivity contribution in [2.45, 2.75) is 0 Å². The molecule has 3 aromatic rings. The number of para-hydroxylation sites is 1. The lowest BCUT2D eigenvalue weighted by molar-refractivity contribution is -0.123. The standard InChI is InChI=1S/C18H15N3O2S/c22-17(13-10-21(11-13)18(23)15-7-3-9-24-15)20-14-6-1-4-12-5-2-8-19-16(12)14/h1-9,13H,10-11H2,(H,20,22). The maximum absolute atomic E-state index is 12.4. The largest absolute Gasteiger partial charge is 0.336 e. The van der Waals surface area contributed by atoms with Crippen LogP contribution in [0, 0.1) is 5.92 Å². The van der Waals surface area contributed by atoms with E-state index in [-0.39, 0.29) is 17.7 Å². The topological polar surface area (TPSA) is 62.3 Å². The molecule has 2 aromatic heterocycles. The van der Waals surface area contributed by atoms with E-state index in [0.717, 1.165) is 10.9 Å². The first-order valence-electron chi connectivity index (χ1n) is 7.70. The van der Waals surface area contributed by atoms with Crippen LogP contribution in [0.2, 0.25) is 0 Å². The molecule has 3 heterocycles. The average molecular weight is 337 g/mol. The molecule has 0 atom stereocenters. The van der Waals surface area contributed by atoms with Crippen LogP contribution in [-0.4, -0.2) is 34.8 Å². The van der Waals surface area contributed by atoms with Gasteiger partial charge in [0.2, 0.25) is 5.91 Å². The fraction of sp³-hybridized carbons (Fsp3) is 0.167. The third kappa shape index (κ3) is 2.65. The zero-order valence-electron chi connectivity index (χ0n) is 12.8. The van der Waals surface area contributed by atoms with E-state index < -0.39 is 0 Å². The van der Waals surface area contributed by atoms with Crippen molar-refractivity contribution in [1.29, 1.82) is 0 Å². The van der Waals surface area contributed by atoms with E-state index in [4.69, 9.17) is 0 Å². The van der Waals surface area contributed by atoms with Gasteiger partial charge in [-0.1, -0.05) is 24.3 Å². The number of amides is 2. The number of hydrogen-bond acceptors (Lipinski definition) is 4. The van der Waals surface area contributed by atoms with Crippen molar-refractivity contribution in [3.63, 3.8) is 0 Å². The highest BCUT2D eigenvalue weighted by Gasteiger charge is 2.36. The number of nitrogens with one attached hydrogen (secondary N) is 1. The molecular formula is C18H15N3O2S. The van der Waals surface area contributed by atoms with Crippen LogP contribution in [-0.2, 0) is 4.79 Å². The summed E-state index contributed by atoms with van der Waals surface area (Å²) in [6.45, 7) is 0.918. The molecule has 2 amide bonds. The van der Waals surface area contributed by atoms with Crippen LogP contribution in [0.5, 0.6) is 0 Å². The second-order valence-electron chi connectivity index (χ2n) is 5.75. The molecule has 0 aliphatic carbocycles. The second kappa shape index (κ2) is 6.05. The predicted octanol–water partition coefficient (Wildman–Crippen LogP) is 3.01. The molecule has 0 unspecified atom stereocenters. The molecule has 24 heavy (non-hydrogen) atoms. The van der Waals surface area contributed by atoms with Gasteiger partial charge in [0.15, 0.2) is 0 Å². The molecule has 5 nitrogen and oxygen atoms in total. The first-order chi connectivity index (χ1) is 11.7. The van der Waals surface area contributed by atoms with Gasteiger partial charge in [-0.05, 0) is 23.6 Å². The Bertz CT molecular complexity index is 896. The summed E-state index contributed by atoms with van der Waals surface area (Å²) in [5.41, 5.74) is 1.49. The van der Waals surface area contributed by atoms with Crippen molar-refractivity contribution in [2.75, 3.05) is 18.4 Å². The molecule has 0 bridgehead atoms. The van der Waals surface area contributed by atoms with Crippen LogP contribution in [0.25, 0.3) is 10.9 Å². The lowest BCUT2D eigenvalue weighted by atomic mass is 9.98. The maximum Gasteiger partial charge on any atom is 0.263 e. The maximum atomic E-state index is 12.4. The Morgan fingerprint density at radius 3 is 2.75 bits per heavy atom. The number of benzene rings is 1. The highest BCUT2D eigenvalue weighted by Crippen LogP contribution is 2.25. The van der Waals surface area contributed by atoms with Gasteiger partial charge in [0.05, 0.1) is 22.0 Å². The average Bonchev–Trinajstić information content (AvgIpc) is 3.08. The number of thiophene rings is 1. The van der Waals surface area contributed by atoms with E-state index in [1.165, 1.54) is 11.3 Å². The van der Waals surface area contributed by atoms with Gasteiger partial charge in [-0.3, -0.25) is 14.6 Å². The molecule has 1 aliphatic heterocycles. The number of likely N-dealkylation sites (tertiary alicyclic amines) is 1. The van der Waals surface area contributed by atoms with Gasteiger partial charge < -0.3 is 10.2 Å². The van der Waals surface area contributed by atoms with Crippen molar-refractivity contribution in [1.82, 2.24) is 9.88 Å². The summed E-state index contributed by atoms with van der Waals surface area (Å²) in [5, 5.41) is 5.81. The number of carbonyl (C=O) groups excluding carboxylic acids is 2. The number of aromatic nitrogens is 1. The van der Waals surface area contributed by atoms with Crippen LogP contribution >= 0.6 is 11.3 Å². The van der Waals surface area contributed by atoms with E-state index in [0.29, 0.717) is 23.7 Å². The summed E-state index contributed by atoms with van der Waals surface area (Å²) >= 11 is 1.42. The Morgan fingerprint density at radius 2 is 1.96 bits per heavy atom. The third-order valence-corrected chi connectivity index (χ3v) is 5.02. The van der Waals surface area contributed by atoms with E-state index in [2.05, 4.69) is 10.3 Å². The Labute approximate surface area is 142 Å². The van der Waals surface area contributed by atoms with Crippen LogP contribution in [0.15, 0.2) is 54.0 Å². The molecule has 4 rings (SSSR count). The fourth-order valence-electron chi connectivity index (χ4n) is 2.81. The lowest BCUT2D eigenvalue weighted by Crippen LogP contribution is -2.54. The number of rotatable bonds is 3. The summed E-state index contributed by atoms with van der Waals surface area (Å²) in [7, 11) is 0. The van der Waals surface area contributed by atoms with Crippen molar-refractivity contribution in [2.24, 2.45) is 5.92 Å². The van der Waals surface area contributed by atoms with Gasteiger partial charge in [-0.2, -0.15) is 0 Å². The number of pyridine rings is 1. The molecule has 1 fully saturated rings. The second-order valence-corrected chi connectivity index (χ2v) is 6.70. The zero-order valence-corrected chi connectivity index (χ0v) is 13.6. The number of carbonyl (C=O) groups is 2. The monoisotopic (exact) mass is 337 g/mol. The van der Waals surface area contributed by atoms with E-state index >= 15 is 0 Å². The first kappa shape index (κ1) is 14.8. The first-order valence-corrected chi connectivity index (χ1v) is 8.58. The zero-order chi connectivity index (χ0) is 16.5. The molecule has 1 aromatic carbocycles. The van der Waals surface area contributed by atoms with Crippen molar-refractivity contribution < 1.29 is 9.59 Å². The minimum absolute atomic E-state index is 0.000813. The van der Waals surface area contributed by atoms with Crippen LogP contribution in [0.4, 0.5) is 5.69 Å². The smallest absolute Gasteiger partial charge is 0.263 e. The molecule has 1 aliphatic rings. The third-order valence-electron chi connectivity index (χ3n) is 4.16. The highest BCUT2D eigenvalue weighted by atomic mass is 32.1. The van der Waals surface area contributed by atoms with Crippen molar-refractivity contribution in [3.05, 3.63) is 58.9 Å². The lowest BCUT2D eigenvalue weighted by Gasteiger charge is -2.37. The number of hydrogen-bond donors (Lipinski definition) is 1. The predicted molar refractivity (Wildman–Crippen MR) is 94.1 cm³/mol. The molecule has 0 saturated carbocycles. The number of nitrogens with zero attached hydrogens (tertiary/aromatic N) is 2. The molecule has 1 saturated heterocycles. The molecular weight excluding hydrogens is 322 g/mol. The van der Waals surface area contributed by atoms with Gasteiger partial charge in [-0.15, -0.1) is 11.3 Å². The van der Waals surface area contributed by atoms with Crippen LogP contribution < -0.4 is 5.32 Å². The Hall–Kier alpha value is -2.73. The summed E-state index contributed by atoms with van der Waals surface area (Å²) in [6, 6.07) is 13.2. The molecule has 0 spiro atoms. The SMILES string of the molecule is O=C(Nc1cccc2cccnc12)C1CN(C(=O)c2cccs2)C1. The Morgan fingerprint density at radius 1 is 1.12 bits per heavy atom. The van der Waals surface area contributed by atoms with Gasteiger partial charge in [0.25, 0.3) is 5.91 Å². The minimum atomic E-state index is -0.173. The summed E-state index contributed by atoms with van der Waals surface area (Å²) < 4.78 is 0. The fourth-order valence-corrected chi connectivity index (χ4v) is 3.50. The molecule has 1 N–H and O–H groups in total. The van der Waals surface area contributed by atoms with E-state index in [1.807, 2.05) is 47.8 Å². The molecule has 6 heteroatoms. The highest BCUT2D eigenvalue weighted by molar-refractivity contribution is 7.12. The van der Waals surface area contributed by atoms with Crippen molar-refractivity contribution >= 4 is 39.7 Å². The molecule has 0 radical (unpaired) electrons. The van der Waals surface area contributed by atoms with Gasteiger partial charge in [0.1, 0.15) is 0 Å². The summed E-state index contributed by atoms with van der Waals surface area (Å²) in [4.78, 5) is 31.4.